The van der Waals surface area contributed by atoms with Gasteiger partial charge in [0.05, 0.1) is 12.2 Å². The monoisotopic (exact) mass is 460 g/mol. The smallest absolute Gasteiger partial charge is 0.272 e. The topological polar surface area (TPSA) is 68.9 Å². The molecule has 0 fully saturated rings. The van der Waals surface area contributed by atoms with Gasteiger partial charge in [-0.15, -0.1) is 0 Å². The number of nitrogens with zero attached hydrogens (tertiary/aromatic N) is 3. The quantitative estimate of drug-likeness (QED) is 0.476. The highest BCUT2D eigenvalue weighted by Gasteiger charge is 2.27. The third-order valence-electron chi connectivity index (χ3n) is 6.02. The van der Waals surface area contributed by atoms with Gasteiger partial charge in [-0.1, -0.05) is 30.3 Å². The summed E-state index contributed by atoms with van der Waals surface area (Å²) < 4.78 is 30.3. The largest absolute Gasteiger partial charge is 0.347 e. The molecule has 0 spiro atoms. The van der Waals surface area contributed by atoms with E-state index in [9.17, 15) is 18.4 Å². The molecule has 0 unspecified atom stereocenters. The van der Waals surface area contributed by atoms with Crippen LogP contribution in [0.15, 0.2) is 71.7 Å². The molecule has 2 heterocycles. The Balaban J connectivity index is 1.29. The second-order valence-corrected chi connectivity index (χ2v) is 8.30. The van der Waals surface area contributed by atoms with Crippen molar-refractivity contribution in [3.8, 4) is 5.69 Å². The number of hydrogen-bond acceptors (Lipinski definition) is 3. The van der Waals surface area contributed by atoms with E-state index >= 15 is 0 Å². The van der Waals surface area contributed by atoms with Crippen molar-refractivity contribution < 1.29 is 13.6 Å². The summed E-state index contributed by atoms with van der Waals surface area (Å²) >= 11 is 0. The highest BCUT2D eigenvalue weighted by Crippen LogP contribution is 2.28. The molecule has 8 heteroatoms. The molecule has 2 aromatic heterocycles. The minimum atomic E-state index is -0.952. The zero-order valence-corrected chi connectivity index (χ0v) is 18.3. The number of fused-ring (bicyclic) bond motifs is 1. The summed E-state index contributed by atoms with van der Waals surface area (Å²) in [5, 5.41) is 7.34. The van der Waals surface area contributed by atoms with E-state index in [1.807, 2.05) is 30.3 Å². The molecule has 1 amide bonds. The Morgan fingerprint density at radius 1 is 0.971 bits per heavy atom. The molecule has 1 aliphatic rings. The van der Waals surface area contributed by atoms with Gasteiger partial charge in [-0.25, -0.2) is 13.5 Å². The van der Waals surface area contributed by atoms with Crippen LogP contribution in [0.1, 0.15) is 39.3 Å². The molecule has 0 atom stereocenters. The van der Waals surface area contributed by atoms with E-state index in [1.54, 1.807) is 21.5 Å². The van der Waals surface area contributed by atoms with E-state index in [0.717, 1.165) is 53.8 Å². The average Bonchev–Trinajstić information content (AvgIpc) is 3.45. The van der Waals surface area contributed by atoms with Crippen molar-refractivity contribution in [3.63, 3.8) is 0 Å². The standard InChI is InChI=1S/C26H22F2N4O2/c27-21-12-11-19(14-22(21)28)32-23-5-3-4-20(23)25(30-32)26(34)29-15-17-7-9-18(10-8-17)16-31-13-2-1-6-24(31)33/h1-2,6-14H,3-5,15-16H2,(H,29,34). The first kappa shape index (κ1) is 21.8. The first-order valence-corrected chi connectivity index (χ1v) is 11.1. The highest BCUT2D eigenvalue weighted by atomic mass is 19.2. The maximum Gasteiger partial charge on any atom is 0.272 e. The van der Waals surface area contributed by atoms with Crippen LogP contribution in [0.5, 0.6) is 0 Å². The third-order valence-corrected chi connectivity index (χ3v) is 6.02. The SMILES string of the molecule is O=C(NCc1ccc(Cn2ccccc2=O)cc1)c1nn(-c2ccc(F)c(F)c2)c2c1CCC2. The van der Waals surface area contributed by atoms with E-state index in [1.165, 1.54) is 12.1 Å². The summed E-state index contributed by atoms with van der Waals surface area (Å²) in [6, 6.07) is 16.3. The van der Waals surface area contributed by atoms with Crippen molar-refractivity contribution in [1.29, 1.82) is 0 Å². The molecule has 6 nitrogen and oxygen atoms in total. The number of aromatic nitrogens is 3. The van der Waals surface area contributed by atoms with Crippen LogP contribution < -0.4 is 10.9 Å². The molecule has 34 heavy (non-hydrogen) atoms. The average molecular weight is 460 g/mol. The molecule has 4 aromatic rings. The van der Waals surface area contributed by atoms with Gasteiger partial charge in [-0.2, -0.15) is 5.10 Å². The maximum absolute atomic E-state index is 13.7. The van der Waals surface area contributed by atoms with Gasteiger partial charge in [-0.3, -0.25) is 9.59 Å². The van der Waals surface area contributed by atoms with Crippen LogP contribution in [0.2, 0.25) is 0 Å². The summed E-state index contributed by atoms with van der Waals surface area (Å²) in [6.45, 7) is 0.789. The lowest BCUT2D eigenvalue weighted by atomic mass is 10.1. The lowest BCUT2D eigenvalue weighted by Gasteiger charge is -2.08. The van der Waals surface area contributed by atoms with Crippen molar-refractivity contribution in [2.24, 2.45) is 0 Å². The van der Waals surface area contributed by atoms with E-state index in [0.29, 0.717) is 24.5 Å². The minimum absolute atomic E-state index is 0.0609. The van der Waals surface area contributed by atoms with Gasteiger partial charge in [0.25, 0.3) is 11.5 Å². The lowest BCUT2D eigenvalue weighted by Crippen LogP contribution is -2.24. The van der Waals surface area contributed by atoms with Crippen molar-refractivity contribution in [3.05, 3.63) is 117 Å². The fourth-order valence-corrected chi connectivity index (χ4v) is 4.27. The Bertz CT molecular complexity index is 1420. The Labute approximate surface area is 194 Å². The van der Waals surface area contributed by atoms with Gasteiger partial charge in [0, 0.05) is 36.1 Å². The second kappa shape index (κ2) is 9.05. The molecule has 0 saturated carbocycles. The number of halogens is 2. The number of benzene rings is 2. The first-order valence-electron chi connectivity index (χ1n) is 11.1. The number of rotatable bonds is 6. The fourth-order valence-electron chi connectivity index (χ4n) is 4.27. The van der Waals surface area contributed by atoms with E-state index in [4.69, 9.17) is 0 Å². The van der Waals surface area contributed by atoms with Crippen LogP contribution in [0.4, 0.5) is 8.78 Å². The number of hydrogen-bond donors (Lipinski definition) is 1. The Hall–Kier alpha value is -4.07. The number of nitrogens with one attached hydrogen (secondary N) is 1. The van der Waals surface area contributed by atoms with Crippen LogP contribution in [0, 0.1) is 11.6 Å². The normalized spacial score (nSPS) is 12.5. The van der Waals surface area contributed by atoms with E-state index in [2.05, 4.69) is 10.4 Å². The second-order valence-electron chi connectivity index (χ2n) is 8.30. The number of amides is 1. The van der Waals surface area contributed by atoms with Crippen LogP contribution >= 0.6 is 0 Å². The molecule has 1 N–H and O–H groups in total. The number of carbonyl (C=O) groups excluding carboxylic acids is 1. The zero-order valence-electron chi connectivity index (χ0n) is 18.3. The van der Waals surface area contributed by atoms with Crippen molar-refractivity contribution >= 4 is 5.91 Å². The molecular weight excluding hydrogens is 438 g/mol. The van der Waals surface area contributed by atoms with E-state index < -0.39 is 11.6 Å². The van der Waals surface area contributed by atoms with Crippen molar-refractivity contribution in [1.82, 2.24) is 19.7 Å². The van der Waals surface area contributed by atoms with Crippen LogP contribution in [0.25, 0.3) is 5.69 Å². The molecular formula is C26H22F2N4O2. The Morgan fingerprint density at radius 3 is 2.53 bits per heavy atom. The predicted octanol–water partition coefficient (Wildman–Crippen LogP) is 3.78. The van der Waals surface area contributed by atoms with Crippen LogP contribution in [-0.2, 0) is 25.9 Å². The number of carbonyl (C=O) groups is 1. The van der Waals surface area contributed by atoms with Gasteiger partial charge in [0.1, 0.15) is 0 Å². The Kier molecular flexibility index (Phi) is 5.79. The van der Waals surface area contributed by atoms with Gasteiger partial charge in [0.15, 0.2) is 17.3 Å². The minimum Gasteiger partial charge on any atom is -0.347 e. The van der Waals surface area contributed by atoms with E-state index in [-0.39, 0.29) is 11.5 Å². The number of pyridine rings is 1. The molecule has 0 radical (unpaired) electrons. The van der Waals surface area contributed by atoms with Gasteiger partial charge < -0.3 is 9.88 Å². The summed E-state index contributed by atoms with van der Waals surface area (Å²) in [4.78, 5) is 24.8. The molecule has 1 aliphatic carbocycles. The molecule has 0 aliphatic heterocycles. The summed E-state index contributed by atoms with van der Waals surface area (Å²) in [5.41, 5.74) is 4.25. The highest BCUT2D eigenvalue weighted by molar-refractivity contribution is 5.94. The van der Waals surface area contributed by atoms with Crippen LogP contribution in [-0.4, -0.2) is 20.3 Å². The van der Waals surface area contributed by atoms with Crippen molar-refractivity contribution in [2.45, 2.75) is 32.4 Å². The zero-order chi connectivity index (χ0) is 23.7. The molecule has 172 valence electrons. The Morgan fingerprint density at radius 2 is 1.76 bits per heavy atom. The fraction of sp³-hybridized carbons (Fsp3) is 0.192. The molecule has 0 saturated heterocycles. The van der Waals surface area contributed by atoms with Crippen LogP contribution in [0.3, 0.4) is 0 Å². The van der Waals surface area contributed by atoms with Crippen molar-refractivity contribution in [2.75, 3.05) is 0 Å². The van der Waals surface area contributed by atoms with Gasteiger partial charge in [0.2, 0.25) is 0 Å². The lowest BCUT2D eigenvalue weighted by molar-refractivity contribution is 0.0944. The van der Waals surface area contributed by atoms with Gasteiger partial charge >= 0.3 is 0 Å². The summed E-state index contributed by atoms with van der Waals surface area (Å²) in [6.07, 6.45) is 4.06. The summed E-state index contributed by atoms with van der Waals surface area (Å²) in [5.74, 6) is -2.18. The molecule has 0 bridgehead atoms. The molecule has 5 rings (SSSR count). The van der Waals surface area contributed by atoms with Gasteiger partial charge in [-0.05, 0) is 48.6 Å². The summed E-state index contributed by atoms with van der Waals surface area (Å²) in [7, 11) is 0. The molecule has 2 aromatic carbocycles. The predicted molar refractivity (Wildman–Crippen MR) is 123 cm³/mol. The third kappa shape index (κ3) is 4.26. The first-order chi connectivity index (χ1) is 16.5. The maximum atomic E-state index is 13.7.